The van der Waals surface area contributed by atoms with Gasteiger partial charge in [0.1, 0.15) is 5.75 Å². The molecular formula is C15H13BrN2O4. The van der Waals surface area contributed by atoms with Crippen molar-refractivity contribution >= 4 is 33.2 Å². The van der Waals surface area contributed by atoms with Crippen LogP contribution in [0.1, 0.15) is 5.56 Å². The smallest absolute Gasteiger partial charge is 0.269 e. The second-order valence-corrected chi connectivity index (χ2v) is 5.47. The van der Waals surface area contributed by atoms with Crippen molar-refractivity contribution in [3.05, 3.63) is 62.6 Å². The number of benzene rings is 2. The molecule has 1 amide bonds. The molecule has 0 radical (unpaired) electrons. The van der Waals surface area contributed by atoms with Crippen LogP contribution >= 0.6 is 15.9 Å². The quantitative estimate of drug-likeness (QED) is 0.647. The van der Waals surface area contributed by atoms with Crippen LogP contribution in [0.5, 0.6) is 5.75 Å². The molecule has 0 saturated heterocycles. The fraction of sp³-hybridized carbons (Fsp3) is 0.133. The van der Waals surface area contributed by atoms with Crippen molar-refractivity contribution in [2.24, 2.45) is 0 Å². The highest BCUT2D eigenvalue weighted by atomic mass is 79.9. The third kappa shape index (κ3) is 4.29. The summed E-state index contributed by atoms with van der Waals surface area (Å²) in [6.45, 7) is 1.51. The highest BCUT2D eigenvalue weighted by Gasteiger charge is 2.10. The maximum Gasteiger partial charge on any atom is 0.269 e. The van der Waals surface area contributed by atoms with Crippen LogP contribution < -0.4 is 10.1 Å². The molecule has 0 fully saturated rings. The number of nitrogens with zero attached hydrogens (tertiary/aromatic N) is 1. The summed E-state index contributed by atoms with van der Waals surface area (Å²) in [4.78, 5) is 22.0. The lowest BCUT2D eigenvalue weighted by molar-refractivity contribution is -0.384. The summed E-state index contributed by atoms with van der Waals surface area (Å²) in [5.41, 5.74) is 1.25. The van der Waals surface area contributed by atoms with Gasteiger partial charge in [0.15, 0.2) is 6.61 Å². The maximum atomic E-state index is 11.8. The van der Waals surface area contributed by atoms with Gasteiger partial charge in [0.25, 0.3) is 11.6 Å². The number of nitro benzene ring substituents is 1. The van der Waals surface area contributed by atoms with Gasteiger partial charge < -0.3 is 10.1 Å². The summed E-state index contributed by atoms with van der Waals surface area (Å²) in [5.74, 6) is 0.130. The number of carbonyl (C=O) groups excluding carboxylic acids is 1. The zero-order chi connectivity index (χ0) is 16.1. The highest BCUT2D eigenvalue weighted by molar-refractivity contribution is 9.10. The molecule has 114 valence electrons. The van der Waals surface area contributed by atoms with Gasteiger partial charge >= 0.3 is 0 Å². The number of ether oxygens (including phenoxy) is 1. The van der Waals surface area contributed by atoms with Gasteiger partial charge in [-0.25, -0.2) is 0 Å². The van der Waals surface area contributed by atoms with E-state index in [1.54, 1.807) is 25.1 Å². The minimum absolute atomic E-state index is 0.0107. The van der Waals surface area contributed by atoms with Crippen molar-refractivity contribution in [3.63, 3.8) is 0 Å². The Balaban J connectivity index is 1.95. The van der Waals surface area contributed by atoms with E-state index in [-0.39, 0.29) is 18.2 Å². The number of anilines is 1. The van der Waals surface area contributed by atoms with Crippen LogP contribution in [0.15, 0.2) is 46.9 Å². The van der Waals surface area contributed by atoms with Crippen LogP contribution in [0.3, 0.4) is 0 Å². The topological polar surface area (TPSA) is 81.5 Å². The SMILES string of the molecule is Cc1cc([N+](=O)[O-])ccc1OCC(=O)Nc1cccc(Br)c1. The van der Waals surface area contributed by atoms with Gasteiger partial charge in [-0.2, -0.15) is 0 Å². The van der Waals surface area contributed by atoms with E-state index in [1.807, 2.05) is 6.07 Å². The van der Waals surface area contributed by atoms with Crippen LogP contribution in [0.2, 0.25) is 0 Å². The number of nitrogens with one attached hydrogen (secondary N) is 1. The molecule has 6 nitrogen and oxygen atoms in total. The standard InChI is InChI=1S/C15H13BrN2O4/c1-10-7-13(18(20)21)5-6-14(10)22-9-15(19)17-12-4-2-3-11(16)8-12/h2-8H,9H2,1H3,(H,17,19). The number of nitro groups is 1. The second-order valence-electron chi connectivity index (χ2n) is 4.55. The molecule has 22 heavy (non-hydrogen) atoms. The average molecular weight is 365 g/mol. The zero-order valence-electron chi connectivity index (χ0n) is 11.7. The van der Waals surface area contributed by atoms with Crippen molar-refractivity contribution in [2.75, 3.05) is 11.9 Å². The molecule has 0 saturated carbocycles. The van der Waals surface area contributed by atoms with E-state index in [4.69, 9.17) is 4.74 Å². The second kappa shape index (κ2) is 7.04. The van der Waals surface area contributed by atoms with E-state index in [0.717, 1.165) is 4.47 Å². The van der Waals surface area contributed by atoms with Crippen LogP contribution in [0.4, 0.5) is 11.4 Å². The number of amides is 1. The van der Waals surface area contributed by atoms with E-state index >= 15 is 0 Å². The summed E-state index contributed by atoms with van der Waals surface area (Å²) >= 11 is 3.32. The number of carbonyl (C=O) groups is 1. The van der Waals surface area contributed by atoms with Crippen molar-refractivity contribution in [1.29, 1.82) is 0 Å². The molecule has 2 rings (SSSR count). The lowest BCUT2D eigenvalue weighted by Crippen LogP contribution is -2.20. The molecule has 0 aliphatic carbocycles. The number of hydrogen-bond acceptors (Lipinski definition) is 4. The first-order valence-corrected chi connectivity index (χ1v) is 7.18. The van der Waals surface area contributed by atoms with Crippen molar-refractivity contribution in [3.8, 4) is 5.75 Å². The summed E-state index contributed by atoms with van der Waals surface area (Å²) < 4.78 is 6.25. The van der Waals surface area contributed by atoms with Crippen LogP contribution in [-0.2, 0) is 4.79 Å². The summed E-state index contributed by atoms with van der Waals surface area (Å²) in [6.07, 6.45) is 0. The van der Waals surface area contributed by atoms with Gasteiger partial charge in [0, 0.05) is 22.3 Å². The molecule has 2 aromatic rings. The van der Waals surface area contributed by atoms with Gasteiger partial charge in [-0.1, -0.05) is 22.0 Å². The molecule has 0 aromatic heterocycles. The van der Waals surface area contributed by atoms with Gasteiger partial charge in [-0.05, 0) is 36.8 Å². The van der Waals surface area contributed by atoms with E-state index in [9.17, 15) is 14.9 Å². The van der Waals surface area contributed by atoms with Crippen molar-refractivity contribution in [1.82, 2.24) is 0 Å². The van der Waals surface area contributed by atoms with Crippen molar-refractivity contribution in [2.45, 2.75) is 6.92 Å². The predicted octanol–water partition coefficient (Wildman–Crippen LogP) is 3.68. The minimum atomic E-state index is -0.475. The van der Waals surface area contributed by atoms with Gasteiger partial charge in [-0.3, -0.25) is 14.9 Å². The molecule has 0 atom stereocenters. The monoisotopic (exact) mass is 364 g/mol. The molecule has 2 aromatic carbocycles. The number of halogens is 1. The Morgan fingerprint density at radius 1 is 1.32 bits per heavy atom. The Hall–Kier alpha value is -2.41. The lowest BCUT2D eigenvalue weighted by Gasteiger charge is -2.09. The Kier molecular flexibility index (Phi) is 5.11. The van der Waals surface area contributed by atoms with Crippen LogP contribution in [0.25, 0.3) is 0 Å². The Bertz CT molecular complexity index is 718. The first kappa shape index (κ1) is 16.0. The Morgan fingerprint density at radius 2 is 2.09 bits per heavy atom. The largest absolute Gasteiger partial charge is 0.483 e. The summed E-state index contributed by atoms with van der Waals surface area (Å²) in [5, 5.41) is 13.4. The van der Waals surface area contributed by atoms with E-state index < -0.39 is 4.92 Å². The Morgan fingerprint density at radius 3 is 2.73 bits per heavy atom. The normalized spacial score (nSPS) is 10.1. The van der Waals surface area contributed by atoms with Gasteiger partial charge in [0.05, 0.1) is 4.92 Å². The number of non-ortho nitro benzene ring substituents is 1. The molecule has 0 unspecified atom stereocenters. The van der Waals surface area contributed by atoms with Gasteiger partial charge in [-0.15, -0.1) is 0 Å². The fourth-order valence-corrected chi connectivity index (χ4v) is 2.21. The predicted molar refractivity (Wildman–Crippen MR) is 86.1 cm³/mol. The summed E-state index contributed by atoms with van der Waals surface area (Å²) in [7, 11) is 0. The van der Waals surface area contributed by atoms with E-state index in [0.29, 0.717) is 17.0 Å². The van der Waals surface area contributed by atoms with E-state index in [1.165, 1.54) is 18.2 Å². The zero-order valence-corrected chi connectivity index (χ0v) is 13.3. The lowest BCUT2D eigenvalue weighted by atomic mass is 10.2. The summed E-state index contributed by atoms with van der Waals surface area (Å²) in [6, 6.07) is 11.4. The molecule has 0 aliphatic heterocycles. The van der Waals surface area contributed by atoms with Crippen LogP contribution in [0, 0.1) is 17.0 Å². The van der Waals surface area contributed by atoms with Crippen LogP contribution in [-0.4, -0.2) is 17.4 Å². The number of rotatable bonds is 5. The van der Waals surface area contributed by atoms with E-state index in [2.05, 4.69) is 21.2 Å². The third-order valence-electron chi connectivity index (χ3n) is 2.84. The first-order chi connectivity index (χ1) is 10.5. The fourth-order valence-electron chi connectivity index (χ4n) is 1.82. The molecule has 0 heterocycles. The maximum absolute atomic E-state index is 11.8. The number of hydrogen-bond donors (Lipinski definition) is 1. The molecule has 0 bridgehead atoms. The average Bonchev–Trinajstić information content (AvgIpc) is 2.45. The minimum Gasteiger partial charge on any atom is -0.483 e. The number of aryl methyl sites for hydroxylation is 1. The molecule has 0 spiro atoms. The molecule has 7 heteroatoms. The Labute approximate surface area is 135 Å². The molecular weight excluding hydrogens is 352 g/mol. The first-order valence-electron chi connectivity index (χ1n) is 6.39. The molecule has 1 N–H and O–H groups in total. The van der Waals surface area contributed by atoms with Gasteiger partial charge in [0.2, 0.25) is 0 Å². The molecule has 0 aliphatic rings. The third-order valence-corrected chi connectivity index (χ3v) is 3.33. The highest BCUT2D eigenvalue weighted by Crippen LogP contribution is 2.23. The van der Waals surface area contributed by atoms with Crippen molar-refractivity contribution < 1.29 is 14.5 Å².